The highest BCUT2D eigenvalue weighted by atomic mass is 16.5. The molecule has 0 bridgehead atoms. The minimum Gasteiger partial charge on any atom is -0.454 e. The van der Waals surface area contributed by atoms with Crippen molar-refractivity contribution in [2.24, 2.45) is 0 Å². The van der Waals surface area contributed by atoms with Crippen molar-refractivity contribution in [2.45, 2.75) is 13.5 Å². The maximum absolute atomic E-state index is 11.7. The van der Waals surface area contributed by atoms with Crippen molar-refractivity contribution in [1.82, 2.24) is 9.78 Å². The van der Waals surface area contributed by atoms with Gasteiger partial charge >= 0.3 is 5.97 Å². The molecule has 110 valence electrons. The van der Waals surface area contributed by atoms with Crippen LogP contribution in [0.1, 0.15) is 5.56 Å². The van der Waals surface area contributed by atoms with Crippen LogP contribution in [0.5, 0.6) is 0 Å². The summed E-state index contributed by atoms with van der Waals surface area (Å²) in [4.78, 5) is 23.2. The molecule has 0 atom stereocenters. The summed E-state index contributed by atoms with van der Waals surface area (Å²) in [6.07, 6.45) is 1.56. The predicted molar refractivity (Wildman–Crippen MR) is 77.4 cm³/mol. The van der Waals surface area contributed by atoms with Gasteiger partial charge in [-0.15, -0.1) is 0 Å². The number of aryl methyl sites for hydroxylation is 1. The molecule has 0 aliphatic heterocycles. The zero-order valence-electron chi connectivity index (χ0n) is 11.6. The van der Waals surface area contributed by atoms with Crippen LogP contribution in [0.25, 0.3) is 0 Å². The number of aromatic nitrogens is 2. The number of nitrogen functional groups attached to an aromatic ring is 1. The van der Waals surface area contributed by atoms with E-state index in [1.807, 2.05) is 25.1 Å². The van der Waals surface area contributed by atoms with Crippen LogP contribution in [0, 0.1) is 6.92 Å². The molecule has 1 aromatic carbocycles. The van der Waals surface area contributed by atoms with E-state index >= 15 is 0 Å². The first-order valence-corrected chi connectivity index (χ1v) is 6.34. The Labute approximate surface area is 121 Å². The Bertz CT molecular complexity index is 651. The number of amides is 1. The number of nitrogens with one attached hydrogen (secondary N) is 1. The number of carbonyl (C=O) groups is 2. The van der Waals surface area contributed by atoms with Gasteiger partial charge < -0.3 is 15.8 Å². The Kier molecular flexibility index (Phi) is 4.55. The molecule has 0 unspecified atom stereocenters. The fraction of sp³-hybridized carbons (Fsp3) is 0.214. The van der Waals surface area contributed by atoms with Crippen LogP contribution in [-0.4, -0.2) is 28.3 Å². The molecule has 0 radical (unpaired) electrons. The molecule has 0 aliphatic carbocycles. The van der Waals surface area contributed by atoms with Crippen molar-refractivity contribution in [3.63, 3.8) is 0 Å². The van der Waals surface area contributed by atoms with Crippen LogP contribution >= 0.6 is 0 Å². The molecule has 1 aromatic heterocycles. The largest absolute Gasteiger partial charge is 0.454 e. The summed E-state index contributed by atoms with van der Waals surface area (Å²) in [5.41, 5.74) is 7.06. The van der Waals surface area contributed by atoms with Crippen LogP contribution in [0.4, 0.5) is 11.5 Å². The van der Waals surface area contributed by atoms with Gasteiger partial charge in [-0.05, 0) is 24.6 Å². The lowest BCUT2D eigenvalue weighted by molar-refractivity contribution is -0.148. The first-order valence-electron chi connectivity index (χ1n) is 6.34. The standard InChI is InChI=1S/C14H16N4O3/c1-10-4-2-3-5-11(10)16-13(19)9-21-14(20)8-18-7-6-12(15)17-18/h2-7H,8-9H2,1H3,(H2,15,17)(H,16,19). The number of esters is 1. The number of hydrogen-bond acceptors (Lipinski definition) is 5. The molecule has 2 rings (SSSR count). The third-order valence-corrected chi connectivity index (χ3v) is 2.74. The van der Waals surface area contributed by atoms with Crippen molar-refractivity contribution in [3.8, 4) is 0 Å². The average Bonchev–Trinajstić information content (AvgIpc) is 2.84. The van der Waals surface area contributed by atoms with Gasteiger partial charge in [-0.1, -0.05) is 18.2 Å². The third kappa shape index (κ3) is 4.34. The third-order valence-electron chi connectivity index (χ3n) is 2.74. The number of anilines is 2. The van der Waals surface area contributed by atoms with Crippen molar-refractivity contribution in [1.29, 1.82) is 0 Å². The monoisotopic (exact) mass is 288 g/mol. The second-order valence-electron chi connectivity index (χ2n) is 4.46. The van der Waals surface area contributed by atoms with Crippen molar-refractivity contribution in [2.75, 3.05) is 17.7 Å². The molecular weight excluding hydrogens is 272 g/mol. The molecule has 0 spiro atoms. The Morgan fingerprint density at radius 2 is 2.10 bits per heavy atom. The van der Waals surface area contributed by atoms with E-state index in [2.05, 4.69) is 10.4 Å². The van der Waals surface area contributed by atoms with Crippen molar-refractivity contribution in [3.05, 3.63) is 42.1 Å². The molecule has 0 saturated heterocycles. The number of nitrogens with two attached hydrogens (primary N) is 1. The molecule has 0 saturated carbocycles. The highest BCUT2D eigenvalue weighted by Crippen LogP contribution is 2.12. The van der Waals surface area contributed by atoms with Crippen molar-refractivity contribution < 1.29 is 14.3 Å². The molecule has 21 heavy (non-hydrogen) atoms. The normalized spacial score (nSPS) is 10.1. The lowest BCUT2D eigenvalue weighted by atomic mass is 10.2. The average molecular weight is 288 g/mol. The van der Waals surface area contributed by atoms with Crippen LogP contribution < -0.4 is 11.1 Å². The van der Waals surface area contributed by atoms with Gasteiger partial charge in [-0.2, -0.15) is 5.10 Å². The van der Waals surface area contributed by atoms with Gasteiger partial charge in [-0.3, -0.25) is 14.3 Å². The molecule has 3 N–H and O–H groups in total. The summed E-state index contributed by atoms with van der Waals surface area (Å²) in [7, 11) is 0. The fourth-order valence-electron chi connectivity index (χ4n) is 1.69. The Hall–Kier alpha value is -2.83. The maximum Gasteiger partial charge on any atom is 0.328 e. The minimum absolute atomic E-state index is 0.0884. The summed E-state index contributed by atoms with van der Waals surface area (Å²) >= 11 is 0. The van der Waals surface area contributed by atoms with E-state index in [0.29, 0.717) is 11.5 Å². The van der Waals surface area contributed by atoms with Crippen LogP contribution in [0.3, 0.4) is 0 Å². The maximum atomic E-state index is 11.7. The number of hydrogen-bond donors (Lipinski definition) is 2. The van der Waals surface area contributed by atoms with E-state index in [1.165, 1.54) is 4.68 Å². The SMILES string of the molecule is Cc1ccccc1NC(=O)COC(=O)Cn1ccc(N)n1. The molecule has 2 aromatic rings. The van der Waals surface area contributed by atoms with Gasteiger partial charge in [0.25, 0.3) is 5.91 Å². The summed E-state index contributed by atoms with van der Waals surface area (Å²) in [5.74, 6) is -0.629. The molecule has 7 heteroatoms. The van der Waals surface area contributed by atoms with E-state index < -0.39 is 11.9 Å². The lowest BCUT2D eigenvalue weighted by Gasteiger charge is -2.08. The molecular formula is C14H16N4O3. The zero-order valence-corrected chi connectivity index (χ0v) is 11.6. The zero-order chi connectivity index (χ0) is 15.2. The van der Waals surface area contributed by atoms with Crippen LogP contribution in [0.2, 0.25) is 0 Å². The molecule has 1 amide bonds. The first-order chi connectivity index (χ1) is 10.0. The Morgan fingerprint density at radius 1 is 1.33 bits per heavy atom. The minimum atomic E-state index is -0.557. The molecule has 7 nitrogen and oxygen atoms in total. The summed E-state index contributed by atoms with van der Waals surface area (Å²) in [5, 5.41) is 6.53. The van der Waals surface area contributed by atoms with E-state index in [9.17, 15) is 9.59 Å². The van der Waals surface area contributed by atoms with Gasteiger partial charge in [-0.25, -0.2) is 0 Å². The van der Waals surface area contributed by atoms with Gasteiger partial charge in [0, 0.05) is 11.9 Å². The smallest absolute Gasteiger partial charge is 0.328 e. The highest BCUT2D eigenvalue weighted by Gasteiger charge is 2.10. The first kappa shape index (κ1) is 14.6. The van der Waals surface area contributed by atoms with Gasteiger partial charge in [0.05, 0.1) is 0 Å². The fourth-order valence-corrected chi connectivity index (χ4v) is 1.69. The number of benzene rings is 1. The molecule has 0 aliphatic rings. The lowest BCUT2D eigenvalue weighted by Crippen LogP contribution is -2.23. The van der Waals surface area contributed by atoms with E-state index in [1.54, 1.807) is 18.3 Å². The number of para-hydroxylation sites is 1. The van der Waals surface area contributed by atoms with Gasteiger partial charge in [0.1, 0.15) is 12.4 Å². The number of nitrogens with zero attached hydrogens (tertiary/aromatic N) is 2. The van der Waals surface area contributed by atoms with E-state index in [4.69, 9.17) is 10.5 Å². The molecule has 0 fully saturated rings. The summed E-state index contributed by atoms with van der Waals surface area (Å²) in [6.45, 7) is 1.45. The van der Waals surface area contributed by atoms with E-state index in [-0.39, 0.29) is 13.2 Å². The van der Waals surface area contributed by atoms with Crippen LogP contribution in [0.15, 0.2) is 36.5 Å². The topological polar surface area (TPSA) is 99.2 Å². The number of carbonyl (C=O) groups excluding carboxylic acids is 2. The Balaban J connectivity index is 1.78. The van der Waals surface area contributed by atoms with Crippen molar-refractivity contribution >= 4 is 23.4 Å². The summed E-state index contributed by atoms with van der Waals surface area (Å²) in [6, 6.07) is 8.92. The number of rotatable bonds is 5. The second-order valence-corrected chi connectivity index (χ2v) is 4.46. The molecule has 1 heterocycles. The van der Waals surface area contributed by atoms with Gasteiger partial charge in [0.15, 0.2) is 6.61 Å². The number of ether oxygens (including phenoxy) is 1. The second kappa shape index (κ2) is 6.56. The predicted octanol–water partition coefficient (Wildman–Crippen LogP) is 0.956. The van der Waals surface area contributed by atoms with Crippen LogP contribution in [-0.2, 0) is 20.9 Å². The Morgan fingerprint density at radius 3 is 2.76 bits per heavy atom. The summed E-state index contributed by atoms with van der Waals surface area (Å²) < 4.78 is 6.22. The quantitative estimate of drug-likeness (QED) is 0.798. The van der Waals surface area contributed by atoms with Gasteiger partial charge in [0.2, 0.25) is 0 Å². The van der Waals surface area contributed by atoms with E-state index in [0.717, 1.165) is 5.56 Å². The highest BCUT2D eigenvalue weighted by molar-refractivity contribution is 5.93.